The van der Waals surface area contributed by atoms with E-state index in [0.717, 1.165) is 0 Å². The van der Waals surface area contributed by atoms with Crippen LogP contribution < -0.4 is 4.74 Å². The largest absolute Gasteiger partial charge is 0.435 e. The van der Waals surface area contributed by atoms with Crippen LogP contribution in [0, 0.1) is 5.92 Å². The van der Waals surface area contributed by atoms with E-state index in [1.165, 1.54) is 6.07 Å². The second-order valence-electron chi connectivity index (χ2n) is 4.38. The summed E-state index contributed by atoms with van der Waals surface area (Å²) in [7, 11) is 0. The van der Waals surface area contributed by atoms with Crippen LogP contribution in [0.3, 0.4) is 0 Å². The zero-order valence-electron chi connectivity index (χ0n) is 9.81. The fourth-order valence-corrected chi connectivity index (χ4v) is 2.50. The molecule has 0 heterocycles. The molecule has 1 aliphatic rings. The number of hydrogen-bond donors (Lipinski definition) is 0. The summed E-state index contributed by atoms with van der Waals surface area (Å²) in [6, 6.07) is 6.12. The lowest BCUT2D eigenvalue weighted by atomic mass is 9.95. The third kappa shape index (κ3) is 3.10. The Morgan fingerprint density at radius 3 is 2.63 bits per heavy atom. The standard InChI is InChI=1S/C13H11ClF2O3/c14-12(18)7-5-9(10(17)6-7)8-3-1-2-4-11(8)19-13(15)16/h1-4,7,9,13H,5-6H2/t7-,9+/m0/s1. The molecule has 3 nitrogen and oxygen atoms in total. The van der Waals surface area contributed by atoms with Crippen molar-refractivity contribution >= 4 is 22.6 Å². The first-order valence-electron chi connectivity index (χ1n) is 5.75. The van der Waals surface area contributed by atoms with Crippen molar-refractivity contribution in [3.8, 4) is 5.75 Å². The number of ether oxygens (including phenoxy) is 1. The van der Waals surface area contributed by atoms with E-state index in [1.54, 1.807) is 18.2 Å². The molecular weight excluding hydrogens is 278 g/mol. The molecule has 2 rings (SSSR count). The maximum Gasteiger partial charge on any atom is 0.387 e. The number of carbonyl (C=O) groups excluding carboxylic acids is 2. The van der Waals surface area contributed by atoms with E-state index in [2.05, 4.69) is 4.74 Å². The number of benzene rings is 1. The summed E-state index contributed by atoms with van der Waals surface area (Å²) in [5, 5.41) is -0.567. The second kappa shape index (κ2) is 5.65. The van der Waals surface area contributed by atoms with Gasteiger partial charge in [-0.05, 0) is 24.1 Å². The predicted octanol–water partition coefficient (Wildman–Crippen LogP) is 3.12. The Kier molecular flexibility index (Phi) is 4.14. The van der Waals surface area contributed by atoms with Crippen molar-refractivity contribution in [2.24, 2.45) is 5.92 Å². The first kappa shape index (κ1) is 13.9. The Morgan fingerprint density at radius 2 is 2.05 bits per heavy atom. The van der Waals surface area contributed by atoms with Gasteiger partial charge in [0.1, 0.15) is 11.5 Å². The fraction of sp³-hybridized carbons (Fsp3) is 0.385. The quantitative estimate of drug-likeness (QED) is 0.800. The van der Waals surface area contributed by atoms with Crippen molar-refractivity contribution in [3.63, 3.8) is 0 Å². The zero-order chi connectivity index (χ0) is 14.0. The van der Waals surface area contributed by atoms with Crippen LogP contribution in [0.15, 0.2) is 24.3 Å². The lowest BCUT2D eigenvalue weighted by Gasteiger charge is -2.14. The molecule has 0 N–H and O–H groups in total. The van der Waals surface area contributed by atoms with Crippen LogP contribution >= 0.6 is 11.6 Å². The molecule has 6 heteroatoms. The van der Waals surface area contributed by atoms with E-state index < -0.39 is 23.7 Å². The van der Waals surface area contributed by atoms with E-state index in [0.29, 0.717) is 5.56 Å². The molecule has 1 saturated carbocycles. The highest BCUT2D eigenvalue weighted by Gasteiger charge is 2.38. The summed E-state index contributed by atoms with van der Waals surface area (Å²) in [4.78, 5) is 23.0. The van der Waals surface area contributed by atoms with Gasteiger partial charge in [-0.25, -0.2) is 0 Å². The predicted molar refractivity (Wildman–Crippen MR) is 64.4 cm³/mol. The van der Waals surface area contributed by atoms with Crippen LogP contribution in [0.5, 0.6) is 5.75 Å². The van der Waals surface area contributed by atoms with Crippen molar-refractivity contribution in [1.82, 2.24) is 0 Å². The van der Waals surface area contributed by atoms with Gasteiger partial charge in [-0.3, -0.25) is 9.59 Å². The highest BCUT2D eigenvalue weighted by molar-refractivity contribution is 6.64. The molecule has 1 aromatic rings. The van der Waals surface area contributed by atoms with Crippen molar-refractivity contribution < 1.29 is 23.1 Å². The SMILES string of the molecule is O=C(Cl)[C@@H]1CC(=O)[C@@H](c2ccccc2OC(F)F)C1. The van der Waals surface area contributed by atoms with Gasteiger partial charge in [0.25, 0.3) is 0 Å². The minimum absolute atomic E-state index is 0.0291. The Hall–Kier alpha value is -1.49. The van der Waals surface area contributed by atoms with Gasteiger partial charge in [0.2, 0.25) is 5.24 Å². The fourth-order valence-electron chi connectivity index (χ4n) is 2.33. The molecule has 0 bridgehead atoms. The molecule has 0 radical (unpaired) electrons. The Balaban J connectivity index is 2.27. The van der Waals surface area contributed by atoms with Crippen molar-refractivity contribution in [3.05, 3.63) is 29.8 Å². The summed E-state index contributed by atoms with van der Waals surface area (Å²) in [5.74, 6) is -1.36. The van der Waals surface area contributed by atoms with Crippen LogP contribution in [0.1, 0.15) is 24.3 Å². The summed E-state index contributed by atoms with van der Waals surface area (Å²) in [6.07, 6.45) is 0.292. The molecule has 1 aromatic carbocycles. The van der Waals surface area contributed by atoms with E-state index in [-0.39, 0.29) is 24.4 Å². The van der Waals surface area contributed by atoms with E-state index in [9.17, 15) is 18.4 Å². The van der Waals surface area contributed by atoms with Crippen LogP contribution in [0.4, 0.5) is 8.78 Å². The minimum Gasteiger partial charge on any atom is -0.435 e. The van der Waals surface area contributed by atoms with Gasteiger partial charge in [0.05, 0.1) is 0 Å². The van der Waals surface area contributed by atoms with Crippen molar-refractivity contribution in [2.75, 3.05) is 0 Å². The van der Waals surface area contributed by atoms with Crippen molar-refractivity contribution in [2.45, 2.75) is 25.4 Å². The number of hydrogen-bond acceptors (Lipinski definition) is 3. The topological polar surface area (TPSA) is 43.4 Å². The zero-order valence-corrected chi connectivity index (χ0v) is 10.6. The average molecular weight is 289 g/mol. The summed E-state index contributed by atoms with van der Waals surface area (Å²) in [5.41, 5.74) is 0.383. The number of Topliss-reactive ketones (excluding diaryl/α,β-unsaturated/α-hetero) is 1. The summed E-state index contributed by atoms with van der Waals surface area (Å²) < 4.78 is 29.0. The van der Waals surface area contributed by atoms with Gasteiger partial charge >= 0.3 is 6.61 Å². The number of para-hydroxylation sites is 1. The molecule has 1 aliphatic carbocycles. The molecule has 1 fully saturated rings. The van der Waals surface area contributed by atoms with Gasteiger partial charge in [-0.15, -0.1) is 0 Å². The molecule has 0 unspecified atom stereocenters. The highest BCUT2D eigenvalue weighted by atomic mass is 35.5. The van der Waals surface area contributed by atoms with Crippen LogP contribution in [0.25, 0.3) is 0 Å². The molecule has 0 aromatic heterocycles. The van der Waals surface area contributed by atoms with Crippen LogP contribution in [-0.4, -0.2) is 17.6 Å². The summed E-state index contributed by atoms with van der Waals surface area (Å²) >= 11 is 5.38. The minimum atomic E-state index is -2.96. The van der Waals surface area contributed by atoms with Gasteiger partial charge in [0, 0.05) is 23.8 Å². The van der Waals surface area contributed by atoms with Crippen molar-refractivity contribution in [1.29, 1.82) is 0 Å². The Labute approximate surface area is 113 Å². The number of carbonyl (C=O) groups is 2. The van der Waals surface area contributed by atoms with Gasteiger partial charge in [-0.2, -0.15) is 8.78 Å². The van der Waals surface area contributed by atoms with Gasteiger partial charge in [-0.1, -0.05) is 18.2 Å². The number of alkyl halides is 2. The first-order chi connectivity index (χ1) is 8.99. The second-order valence-corrected chi connectivity index (χ2v) is 4.75. The molecule has 0 amide bonds. The molecular formula is C13H11ClF2O3. The Morgan fingerprint density at radius 1 is 1.37 bits per heavy atom. The third-order valence-corrected chi connectivity index (χ3v) is 3.50. The smallest absolute Gasteiger partial charge is 0.387 e. The van der Waals surface area contributed by atoms with Gasteiger partial charge < -0.3 is 4.74 Å². The maximum atomic E-state index is 12.3. The normalized spacial score (nSPS) is 22.8. The average Bonchev–Trinajstić information content (AvgIpc) is 2.71. The van der Waals surface area contributed by atoms with Crippen LogP contribution in [-0.2, 0) is 9.59 Å². The van der Waals surface area contributed by atoms with Gasteiger partial charge in [0.15, 0.2) is 0 Å². The lowest BCUT2D eigenvalue weighted by Crippen LogP contribution is -2.09. The van der Waals surface area contributed by atoms with Crippen LogP contribution in [0.2, 0.25) is 0 Å². The lowest BCUT2D eigenvalue weighted by molar-refractivity contribution is -0.121. The number of rotatable bonds is 4. The first-order valence-corrected chi connectivity index (χ1v) is 6.12. The van der Waals surface area contributed by atoms with E-state index >= 15 is 0 Å². The molecule has 0 saturated heterocycles. The molecule has 0 aliphatic heterocycles. The molecule has 0 spiro atoms. The summed E-state index contributed by atoms with van der Waals surface area (Å²) in [6.45, 7) is -2.96. The molecule has 2 atom stereocenters. The highest BCUT2D eigenvalue weighted by Crippen LogP contribution is 2.40. The molecule has 19 heavy (non-hydrogen) atoms. The van der Waals surface area contributed by atoms with E-state index in [1.807, 2.05) is 0 Å². The molecule has 102 valence electrons. The monoisotopic (exact) mass is 288 g/mol. The number of halogens is 3. The maximum absolute atomic E-state index is 12.3. The van der Waals surface area contributed by atoms with E-state index in [4.69, 9.17) is 11.6 Å². The Bertz CT molecular complexity index is 504. The number of ketones is 1. The third-order valence-electron chi connectivity index (χ3n) is 3.19.